The van der Waals surface area contributed by atoms with E-state index in [4.69, 9.17) is 4.74 Å². The molecule has 2 unspecified atom stereocenters. The number of alkyl carbamates (subject to hydrolysis) is 1. The zero-order valence-electron chi connectivity index (χ0n) is 21.1. The molecule has 0 saturated carbocycles. The number of carbonyl (C=O) groups is 1. The maximum absolute atomic E-state index is 13.7. The van der Waals surface area contributed by atoms with E-state index in [0.29, 0.717) is 11.0 Å². The van der Waals surface area contributed by atoms with Gasteiger partial charge in [-0.15, -0.1) is 11.3 Å². The SMILES string of the molecule is CC(C)CN(CC(O)C(Cc1ccccc1)NC(=O)OCc1cncs1)S(=O)(=O)c1ccc2nc[nH]c2c1. The van der Waals surface area contributed by atoms with Crippen LogP contribution in [0.25, 0.3) is 11.0 Å². The van der Waals surface area contributed by atoms with Crippen molar-refractivity contribution in [2.45, 2.75) is 43.9 Å². The van der Waals surface area contributed by atoms with Crippen LogP contribution in [0.5, 0.6) is 0 Å². The van der Waals surface area contributed by atoms with Gasteiger partial charge in [-0.05, 0) is 36.1 Å². The third-order valence-electron chi connectivity index (χ3n) is 5.88. The second-order valence-corrected chi connectivity index (χ2v) is 12.3. The van der Waals surface area contributed by atoms with Crippen LogP contribution < -0.4 is 5.32 Å². The van der Waals surface area contributed by atoms with E-state index in [9.17, 15) is 18.3 Å². The Morgan fingerprint density at radius 1 is 1.18 bits per heavy atom. The topological polar surface area (TPSA) is 138 Å². The number of fused-ring (bicyclic) bond motifs is 1. The van der Waals surface area contributed by atoms with Gasteiger partial charge in [0, 0.05) is 19.3 Å². The van der Waals surface area contributed by atoms with Crippen LogP contribution in [0.1, 0.15) is 24.3 Å². The summed E-state index contributed by atoms with van der Waals surface area (Å²) in [7, 11) is -3.96. The highest BCUT2D eigenvalue weighted by atomic mass is 32.2. The van der Waals surface area contributed by atoms with Crippen molar-refractivity contribution in [1.82, 2.24) is 24.6 Å². The third-order valence-corrected chi connectivity index (χ3v) is 8.46. The van der Waals surface area contributed by atoms with E-state index in [1.165, 1.54) is 34.1 Å². The number of hydrogen-bond acceptors (Lipinski definition) is 8. The lowest BCUT2D eigenvalue weighted by Gasteiger charge is -2.30. The number of nitrogens with one attached hydrogen (secondary N) is 2. The smallest absolute Gasteiger partial charge is 0.407 e. The van der Waals surface area contributed by atoms with Crippen LogP contribution >= 0.6 is 11.3 Å². The molecule has 2 atom stereocenters. The van der Waals surface area contributed by atoms with Gasteiger partial charge >= 0.3 is 6.09 Å². The molecular weight excluding hydrogens is 526 g/mol. The maximum atomic E-state index is 13.7. The number of nitrogens with zero attached hydrogens (tertiary/aromatic N) is 3. The Morgan fingerprint density at radius 3 is 2.68 bits per heavy atom. The van der Waals surface area contributed by atoms with Gasteiger partial charge in [0.2, 0.25) is 10.0 Å². The highest BCUT2D eigenvalue weighted by Crippen LogP contribution is 2.22. The second kappa shape index (κ2) is 12.5. The minimum Gasteiger partial charge on any atom is -0.444 e. The molecule has 3 N–H and O–H groups in total. The van der Waals surface area contributed by atoms with E-state index in [2.05, 4.69) is 20.3 Å². The summed E-state index contributed by atoms with van der Waals surface area (Å²) in [6, 6.07) is 13.2. The number of rotatable bonds is 12. The van der Waals surface area contributed by atoms with Gasteiger partial charge < -0.3 is 20.1 Å². The van der Waals surface area contributed by atoms with Crippen molar-refractivity contribution in [3.8, 4) is 0 Å². The Morgan fingerprint density at radius 2 is 1.97 bits per heavy atom. The summed E-state index contributed by atoms with van der Waals surface area (Å²) < 4.78 is 33.9. The van der Waals surface area contributed by atoms with Gasteiger partial charge in [-0.1, -0.05) is 44.2 Å². The number of sulfonamides is 1. The van der Waals surface area contributed by atoms with Crippen molar-refractivity contribution < 1.29 is 23.1 Å². The lowest BCUT2D eigenvalue weighted by Crippen LogP contribution is -2.51. The summed E-state index contributed by atoms with van der Waals surface area (Å²) in [4.78, 5) is 24.5. The zero-order valence-corrected chi connectivity index (χ0v) is 22.8. The number of ether oxygens (including phenoxy) is 1. The van der Waals surface area contributed by atoms with Crippen LogP contribution in [0.4, 0.5) is 4.79 Å². The summed E-state index contributed by atoms with van der Waals surface area (Å²) in [6.45, 7) is 3.84. The fourth-order valence-corrected chi connectivity index (χ4v) is 6.19. The van der Waals surface area contributed by atoms with Gasteiger partial charge in [0.25, 0.3) is 0 Å². The maximum Gasteiger partial charge on any atom is 0.407 e. The number of amides is 1. The molecule has 0 fully saturated rings. The first-order chi connectivity index (χ1) is 18.2. The summed E-state index contributed by atoms with van der Waals surface area (Å²) in [5, 5.41) is 14.0. The van der Waals surface area contributed by atoms with E-state index in [-0.39, 0.29) is 36.9 Å². The number of thiazole rings is 1. The highest BCUT2D eigenvalue weighted by Gasteiger charge is 2.32. The average molecular weight is 558 g/mol. The molecule has 0 spiro atoms. The fourth-order valence-electron chi connectivity index (χ4n) is 4.03. The van der Waals surface area contributed by atoms with Crippen molar-refractivity contribution in [2.75, 3.05) is 13.1 Å². The first kappa shape index (κ1) is 27.7. The average Bonchev–Trinajstić information content (AvgIpc) is 3.58. The van der Waals surface area contributed by atoms with Gasteiger partial charge in [-0.2, -0.15) is 4.31 Å². The molecule has 0 aliphatic rings. The Hall–Kier alpha value is -3.32. The van der Waals surface area contributed by atoms with Crippen molar-refractivity contribution in [3.05, 3.63) is 77.0 Å². The van der Waals surface area contributed by atoms with Gasteiger partial charge in [0.15, 0.2) is 0 Å². The van der Waals surface area contributed by atoms with Crippen LogP contribution in [0.3, 0.4) is 0 Å². The van der Waals surface area contributed by atoms with Gasteiger partial charge in [-0.3, -0.25) is 4.98 Å². The molecule has 202 valence electrons. The van der Waals surface area contributed by atoms with E-state index < -0.39 is 28.3 Å². The van der Waals surface area contributed by atoms with Crippen molar-refractivity contribution >= 4 is 38.5 Å². The number of carbonyl (C=O) groups excluding carboxylic acids is 1. The first-order valence-electron chi connectivity index (χ1n) is 12.2. The molecule has 0 aliphatic carbocycles. The molecule has 38 heavy (non-hydrogen) atoms. The molecule has 0 saturated heterocycles. The van der Waals surface area contributed by atoms with Crippen LogP contribution in [0.2, 0.25) is 0 Å². The summed E-state index contributed by atoms with van der Waals surface area (Å²) >= 11 is 1.36. The monoisotopic (exact) mass is 557 g/mol. The standard InChI is InChI=1S/C26H31N5O5S2/c1-18(2)13-31(38(34,35)21-8-9-22-23(11-21)29-16-28-22)14-25(32)24(10-19-6-4-3-5-7-19)30-26(33)36-15-20-12-27-17-37-20/h3-9,11-12,16-18,24-25,32H,10,13-15H2,1-2H3,(H,28,29)(H,30,33). The molecular formula is C26H31N5O5S2. The predicted octanol–water partition coefficient (Wildman–Crippen LogP) is 3.56. The normalized spacial score (nSPS) is 13.6. The van der Waals surface area contributed by atoms with Crippen molar-refractivity contribution in [1.29, 1.82) is 0 Å². The number of H-pyrrole nitrogens is 1. The van der Waals surface area contributed by atoms with E-state index in [1.807, 2.05) is 44.2 Å². The van der Waals surface area contributed by atoms with Crippen LogP contribution in [0, 0.1) is 5.92 Å². The van der Waals surface area contributed by atoms with E-state index in [1.54, 1.807) is 17.8 Å². The van der Waals surface area contributed by atoms with Crippen molar-refractivity contribution in [3.63, 3.8) is 0 Å². The lowest BCUT2D eigenvalue weighted by molar-refractivity contribution is 0.0876. The third kappa shape index (κ3) is 7.16. The van der Waals surface area contributed by atoms with Crippen molar-refractivity contribution in [2.24, 2.45) is 5.92 Å². The number of imidazole rings is 1. The van der Waals surface area contributed by atoms with Gasteiger partial charge in [0.1, 0.15) is 6.61 Å². The highest BCUT2D eigenvalue weighted by molar-refractivity contribution is 7.89. The molecule has 0 bridgehead atoms. The molecule has 2 aromatic carbocycles. The number of benzene rings is 2. The fraction of sp³-hybridized carbons (Fsp3) is 0.346. The van der Waals surface area contributed by atoms with Crippen LogP contribution in [-0.2, 0) is 27.8 Å². The number of aliphatic hydroxyl groups excluding tert-OH is 1. The second-order valence-electron chi connectivity index (χ2n) is 9.35. The van der Waals surface area contributed by atoms with Gasteiger partial charge in [0.05, 0.1) is 44.8 Å². The molecule has 12 heteroatoms. The Bertz CT molecular complexity index is 1420. The van der Waals surface area contributed by atoms with Crippen LogP contribution in [-0.4, -0.2) is 64.1 Å². The molecule has 1 amide bonds. The van der Waals surface area contributed by atoms with Crippen LogP contribution in [0.15, 0.2) is 71.5 Å². The number of aromatic nitrogens is 3. The Kier molecular flexibility index (Phi) is 9.10. The molecule has 2 heterocycles. The summed E-state index contributed by atoms with van der Waals surface area (Å²) in [5.41, 5.74) is 3.78. The molecule has 4 rings (SSSR count). The zero-order chi connectivity index (χ0) is 27.1. The van der Waals surface area contributed by atoms with E-state index >= 15 is 0 Å². The van der Waals surface area contributed by atoms with E-state index in [0.717, 1.165) is 10.4 Å². The largest absolute Gasteiger partial charge is 0.444 e. The number of aromatic amines is 1. The predicted molar refractivity (Wildman–Crippen MR) is 145 cm³/mol. The number of aliphatic hydroxyl groups is 1. The minimum atomic E-state index is -3.96. The molecule has 10 nitrogen and oxygen atoms in total. The number of hydrogen-bond donors (Lipinski definition) is 3. The molecule has 4 aromatic rings. The van der Waals surface area contributed by atoms with Gasteiger partial charge in [-0.25, -0.2) is 18.2 Å². The molecule has 0 aliphatic heterocycles. The lowest BCUT2D eigenvalue weighted by atomic mass is 10.0. The summed E-state index contributed by atoms with van der Waals surface area (Å²) in [5.74, 6) is -0.00207. The first-order valence-corrected chi connectivity index (χ1v) is 14.5. The summed E-state index contributed by atoms with van der Waals surface area (Å²) in [6.07, 6.45) is 1.48. The Labute approximate surface area is 225 Å². The quantitative estimate of drug-likeness (QED) is 0.242. The molecule has 0 radical (unpaired) electrons. The molecule has 2 aromatic heterocycles. The minimum absolute atomic E-state index is 0.00207. The Balaban J connectivity index is 1.54.